The SMILES string of the molecule is Nc1nc(N)c(-c2ccc(Cl)c(Cl)c2)c(COc2ccc(CNC(=O)c3cccc(S(=O)(=O)F)c3)cc2)n1. The number of ether oxygens (including phenoxy) is 1. The number of nitrogens with one attached hydrogen (secondary N) is 1. The summed E-state index contributed by atoms with van der Waals surface area (Å²) in [5, 5.41) is 3.39. The number of benzene rings is 3. The predicted octanol–water partition coefficient (Wildman–Crippen LogP) is 4.78. The van der Waals surface area contributed by atoms with Gasteiger partial charge in [-0.15, -0.1) is 3.89 Å². The fraction of sp³-hybridized carbons (Fsp3) is 0.0800. The van der Waals surface area contributed by atoms with E-state index in [2.05, 4.69) is 15.3 Å². The summed E-state index contributed by atoms with van der Waals surface area (Å²) in [5.41, 5.74) is 14.3. The highest BCUT2D eigenvalue weighted by Gasteiger charge is 2.17. The molecule has 4 aromatic rings. The van der Waals surface area contributed by atoms with Crippen LogP contribution in [0.1, 0.15) is 21.6 Å². The van der Waals surface area contributed by atoms with Crippen molar-refractivity contribution in [3.05, 3.63) is 93.6 Å². The van der Waals surface area contributed by atoms with Crippen LogP contribution in [0.3, 0.4) is 0 Å². The van der Waals surface area contributed by atoms with Crippen LogP contribution in [-0.2, 0) is 23.4 Å². The van der Waals surface area contributed by atoms with E-state index in [1.807, 2.05) is 0 Å². The van der Waals surface area contributed by atoms with Gasteiger partial charge in [-0.25, -0.2) is 4.98 Å². The molecule has 0 aliphatic rings. The number of hydrogen-bond acceptors (Lipinski definition) is 8. The zero-order chi connectivity index (χ0) is 27.4. The molecule has 1 heterocycles. The molecule has 38 heavy (non-hydrogen) atoms. The summed E-state index contributed by atoms with van der Waals surface area (Å²) in [6.45, 7) is 0.169. The first-order chi connectivity index (χ1) is 18.0. The Bertz CT molecular complexity index is 1620. The number of halogens is 3. The highest BCUT2D eigenvalue weighted by Crippen LogP contribution is 2.33. The van der Waals surface area contributed by atoms with E-state index in [0.29, 0.717) is 32.6 Å². The summed E-state index contributed by atoms with van der Waals surface area (Å²) in [5.74, 6) is 0.113. The first-order valence-corrected chi connectivity index (χ1v) is 13.1. The van der Waals surface area contributed by atoms with Gasteiger partial charge in [0.05, 0.1) is 20.6 Å². The Morgan fingerprint density at radius 3 is 2.39 bits per heavy atom. The molecule has 0 aliphatic carbocycles. The van der Waals surface area contributed by atoms with Crippen LogP contribution in [0.25, 0.3) is 11.1 Å². The van der Waals surface area contributed by atoms with Gasteiger partial charge in [0.1, 0.15) is 18.2 Å². The molecule has 9 nitrogen and oxygen atoms in total. The molecule has 0 unspecified atom stereocenters. The number of aromatic nitrogens is 2. The van der Waals surface area contributed by atoms with Crippen molar-refractivity contribution in [2.75, 3.05) is 11.5 Å². The normalized spacial score (nSPS) is 11.2. The zero-order valence-corrected chi connectivity index (χ0v) is 21.8. The summed E-state index contributed by atoms with van der Waals surface area (Å²) in [6, 6.07) is 16.6. The summed E-state index contributed by atoms with van der Waals surface area (Å²) in [4.78, 5) is 20.1. The van der Waals surface area contributed by atoms with Crippen LogP contribution in [0.2, 0.25) is 10.0 Å². The van der Waals surface area contributed by atoms with E-state index in [1.54, 1.807) is 42.5 Å². The van der Waals surface area contributed by atoms with Gasteiger partial charge in [-0.1, -0.05) is 47.5 Å². The second-order valence-electron chi connectivity index (χ2n) is 8.00. The van der Waals surface area contributed by atoms with Gasteiger partial charge in [-0.05, 0) is 53.6 Å². The van der Waals surface area contributed by atoms with Gasteiger partial charge in [0.2, 0.25) is 5.95 Å². The predicted molar refractivity (Wildman–Crippen MR) is 143 cm³/mol. The van der Waals surface area contributed by atoms with Crippen LogP contribution in [0, 0.1) is 0 Å². The first kappa shape index (κ1) is 27.1. The molecular formula is C25H20Cl2FN5O4S. The Kier molecular flexibility index (Phi) is 8.00. The lowest BCUT2D eigenvalue weighted by atomic mass is 10.0. The molecule has 0 aliphatic heterocycles. The molecule has 0 atom stereocenters. The van der Waals surface area contributed by atoms with Crippen LogP contribution in [0.4, 0.5) is 15.7 Å². The molecule has 1 aromatic heterocycles. The Balaban J connectivity index is 1.42. The zero-order valence-electron chi connectivity index (χ0n) is 19.5. The number of anilines is 2. The van der Waals surface area contributed by atoms with Crippen LogP contribution in [0.15, 0.2) is 71.6 Å². The molecule has 4 rings (SSSR count). The van der Waals surface area contributed by atoms with E-state index in [4.69, 9.17) is 39.4 Å². The number of amides is 1. The first-order valence-electron chi connectivity index (χ1n) is 10.9. The maximum absolute atomic E-state index is 13.2. The minimum Gasteiger partial charge on any atom is -0.487 e. The van der Waals surface area contributed by atoms with Crippen molar-refractivity contribution in [3.8, 4) is 16.9 Å². The average molecular weight is 576 g/mol. The minimum absolute atomic E-state index is 0.00866. The van der Waals surface area contributed by atoms with Crippen LogP contribution < -0.4 is 21.5 Å². The Morgan fingerprint density at radius 2 is 1.71 bits per heavy atom. The lowest BCUT2D eigenvalue weighted by molar-refractivity contribution is 0.0950. The number of carbonyl (C=O) groups excluding carboxylic acids is 1. The molecule has 0 saturated carbocycles. The highest BCUT2D eigenvalue weighted by molar-refractivity contribution is 7.86. The highest BCUT2D eigenvalue weighted by atomic mass is 35.5. The molecule has 5 N–H and O–H groups in total. The summed E-state index contributed by atoms with van der Waals surface area (Å²) < 4.78 is 41.2. The van der Waals surface area contributed by atoms with Gasteiger partial charge in [-0.2, -0.15) is 13.4 Å². The van der Waals surface area contributed by atoms with Crippen molar-refractivity contribution < 1.29 is 21.8 Å². The molecule has 0 bridgehead atoms. The lowest BCUT2D eigenvalue weighted by Crippen LogP contribution is -2.22. The molecule has 3 aromatic carbocycles. The molecule has 0 fully saturated rings. The van der Waals surface area contributed by atoms with Gasteiger partial charge in [0, 0.05) is 17.7 Å². The molecule has 0 spiro atoms. The summed E-state index contributed by atoms with van der Waals surface area (Å²) in [6.07, 6.45) is 0. The van der Waals surface area contributed by atoms with Crippen molar-refractivity contribution in [2.45, 2.75) is 18.0 Å². The lowest BCUT2D eigenvalue weighted by Gasteiger charge is -2.14. The molecule has 0 radical (unpaired) electrons. The quantitative estimate of drug-likeness (QED) is 0.254. The third kappa shape index (κ3) is 6.49. The van der Waals surface area contributed by atoms with Gasteiger partial charge < -0.3 is 21.5 Å². The number of rotatable bonds is 8. The fourth-order valence-electron chi connectivity index (χ4n) is 3.55. The van der Waals surface area contributed by atoms with Crippen molar-refractivity contribution >= 4 is 51.1 Å². The summed E-state index contributed by atoms with van der Waals surface area (Å²) in [7, 11) is -4.91. The molecule has 0 saturated heterocycles. The standard InChI is InChI=1S/C25H20Cl2FN5O4S/c26-19-9-6-15(11-20(19)27)22-21(32-25(30)33-23(22)29)13-37-17-7-4-14(5-8-17)12-31-24(34)16-2-1-3-18(10-16)38(28,35)36/h1-11H,12-13H2,(H,31,34)(H4,29,30,32,33). The number of carbonyl (C=O) groups is 1. The van der Waals surface area contributed by atoms with Crippen LogP contribution in [0.5, 0.6) is 5.75 Å². The van der Waals surface area contributed by atoms with Crippen molar-refractivity contribution in [1.82, 2.24) is 15.3 Å². The van der Waals surface area contributed by atoms with E-state index in [0.717, 1.165) is 17.7 Å². The maximum Gasteiger partial charge on any atom is 0.332 e. The average Bonchev–Trinajstić information content (AvgIpc) is 2.87. The smallest absolute Gasteiger partial charge is 0.332 e. The van der Waals surface area contributed by atoms with E-state index < -0.39 is 21.0 Å². The second-order valence-corrected chi connectivity index (χ2v) is 10.2. The van der Waals surface area contributed by atoms with Crippen molar-refractivity contribution in [1.29, 1.82) is 0 Å². The second kappa shape index (κ2) is 11.2. The topological polar surface area (TPSA) is 150 Å². The van der Waals surface area contributed by atoms with Gasteiger partial charge >= 0.3 is 10.2 Å². The van der Waals surface area contributed by atoms with E-state index in [-0.39, 0.29) is 30.5 Å². The van der Waals surface area contributed by atoms with Crippen LogP contribution in [-0.4, -0.2) is 24.3 Å². The molecule has 1 amide bonds. The van der Waals surface area contributed by atoms with Gasteiger partial charge in [0.15, 0.2) is 0 Å². The largest absolute Gasteiger partial charge is 0.487 e. The fourth-order valence-corrected chi connectivity index (χ4v) is 4.35. The molecule has 13 heteroatoms. The number of nitrogen functional groups attached to an aromatic ring is 2. The van der Waals surface area contributed by atoms with E-state index >= 15 is 0 Å². The maximum atomic E-state index is 13.2. The van der Waals surface area contributed by atoms with E-state index in [1.165, 1.54) is 12.1 Å². The minimum atomic E-state index is -4.91. The molecule has 196 valence electrons. The number of hydrogen-bond donors (Lipinski definition) is 3. The Hall–Kier alpha value is -3.93. The van der Waals surface area contributed by atoms with Gasteiger partial charge in [-0.3, -0.25) is 4.79 Å². The monoisotopic (exact) mass is 575 g/mol. The molecular weight excluding hydrogens is 556 g/mol. The van der Waals surface area contributed by atoms with Crippen molar-refractivity contribution in [3.63, 3.8) is 0 Å². The third-order valence-electron chi connectivity index (χ3n) is 5.37. The van der Waals surface area contributed by atoms with Gasteiger partial charge in [0.25, 0.3) is 5.91 Å². The Labute approximate surface area is 227 Å². The third-order valence-corrected chi connectivity index (χ3v) is 6.92. The number of nitrogens with zero attached hydrogens (tertiary/aromatic N) is 2. The van der Waals surface area contributed by atoms with E-state index in [9.17, 15) is 17.1 Å². The summed E-state index contributed by atoms with van der Waals surface area (Å²) >= 11 is 12.2. The Morgan fingerprint density at radius 1 is 0.974 bits per heavy atom. The van der Waals surface area contributed by atoms with Crippen molar-refractivity contribution in [2.24, 2.45) is 0 Å². The number of nitrogens with two attached hydrogens (primary N) is 2. The van der Waals surface area contributed by atoms with Crippen LogP contribution >= 0.6 is 23.2 Å².